The van der Waals surface area contributed by atoms with Crippen LogP contribution in [0.3, 0.4) is 0 Å². The molecule has 1 aliphatic rings. The van der Waals surface area contributed by atoms with Gasteiger partial charge in [-0.1, -0.05) is 0 Å². The van der Waals surface area contributed by atoms with Gasteiger partial charge >= 0.3 is 0 Å². The average Bonchev–Trinajstić information content (AvgIpc) is 2.19. The van der Waals surface area contributed by atoms with E-state index in [1.54, 1.807) is 20.0 Å². The molecule has 0 saturated carbocycles. The number of hydrogen-bond acceptors (Lipinski definition) is 5. The van der Waals surface area contributed by atoms with Gasteiger partial charge in [0.2, 0.25) is 0 Å². The van der Waals surface area contributed by atoms with Crippen molar-refractivity contribution in [2.75, 3.05) is 20.1 Å². The van der Waals surface area contributed by atoms with E-state index < -0.39 is 0 Å². The highest BCUT2D eigenvalue weighted by molar-refractivity contribution is 5.47. The highest BCUT2D eigenvalue weighted by Crippen LogP contribution is 2.25. The number of likely N-dealkylation sites (N-methyl/N-ethyl adjacent to an activating group) is 1. The molecule has 0 aliphatic carbocycles. The fraction of sp³-hybridized carbons (Fsp3) is 0.583. The number of rotatable bonds is 4. The molecule has 1 N–H and O–H groups in total. The van der Waals surface area contributed by atoms with Gasteiger partial charge in [-0.05, 0) is 20.9 Å². The van der Waals surface area contributed by atoms with Crippen molar-refractivity contribution in [1.82, 2.24) is 15.2 Å². The molecule has 1 fully saturated rings. The zero-order valence-electron chi connectivity index (χ0n) is 10.9. The normalized spacial score (nSPS) is 15.8. The van der Waals surface area contributed by atoms with Gasteiger partial charge in [0.25, 0.3) is 5.69 Å². The Morgan fingerprint density at radius 3 is 2.72 bits per heavy atom. The number of aromatic nitrogens is 1. The molecule has 1 aromatic rings. The highest BCUT2D eigenvalue weighted by atomic mass is 16.6. The Balaban J connectivity index is 2.22. The first kappa shape index (κ1) is 12.9. The largest absolute Gasteiger partial charge is 0.314 e. The van der Waals surface area contributed by atoms with Crippen LogP contribution in [0, 0.1) is 24.0 Å². The summed E-state index contributed by atoms with van der Waals surface area (Å²) in [6.45, 7) is 6.11. The van der Waals surface area contributed by atoms with Crippen molar-refractivity contribution in [3.8, 4) is 0 Å². The Bertz CT molecular complexity index is 471. The van der Waals surface area contributed by atoms with E-state index in [-0.39, 0.29) is 10.6 Å². The minimum atomic E-state index is -0.319. The fourth-order valence-electron chi connectivity index (χ4n) is 2.16. The third-order valence-electron chi connectivity index (χ3n) is 3.54. The number of nitrogens with one attached hydrogen (secondary N) is 1. The van der Waals surface area contributed by atoms with Crippen LogP contribution in [0.2, 0.25) is 0 Å². The molecule has 0 atom stereocenters. The first-order valence-electron chi connectivity index (χ1n) is 6.01. The summed E-state index contributed by atoms with van der Waals surface area (Å²) < 4.78 is 0. The summed E-state index contributed by atoms with van der Waals surface area (Å²) >= 11 is 0. The van der Waals surface area contributed by atoms with Crippen molar-refractivity contribution in [3.05, 3.63) is 33.1 Å². The average molecular weight is 250 g/mol. The van der Waals surface area contributed by atoms with Crippen LogP contribution in [0.25, 0.3) is 0 Å². The van der Waals surface area contributed by atoms with Crippen LogP contribution in [0.15, 0.2) is 6.20 Å². The third kappa shape index (κ3) is 2.34. The Kier molecular flexibility index (Phi) is 3.58. The van der Waals surface area contributed by atoms with E-state index >= 15 is 0 Å². The lowest BCUT2D eigenvalue weighted by atomic mass is 10.1. The van der Waals surface area contributed by atoms with E-state index in [9.17, 15) is 10.1 Å². The molecule has 0 amide bonds. The van der Waals surface area contributed by atoms with Crippen molar-refractivity contribution in [3.63, 3.8) is 0 Å². The van der Waals surface area contributed by atoms with Crippen molar-refractivity contribution >= 4 is 5.69 Å². The molecule has 18 heavy (non-hydrogen) atoms. The second-order valence-corrected chi connectivity index (χ2v) is 4.85. The van der Waals surface area contributed by atoms with Crippen LogP contribution in [-0.4, -0.2) is 41.0 Å². The van der Waals surface area contributed by atoms with E-state index in [0.29, 0.717) is 23.7 Å². The number of aryl methyl sites for hydroxylation is 1. The molecule has 98 valence electrons. The molecule has 0 unspecified atom stereocenters. The van der Waals surface area contributed by atoms with Gasteiger partial charge in [-0.15, -0.1) is 0 Å². The molecule has 2 rings (SSSR count). The summed E-state index contributed by atoms with van der Waals surface area (Å²) in [4.78, 5) is 17.2. The second-order valence-electron chi connectivity index (χ2n) is 4.85. The van der Waals surface area contributed by atoms with Gasteiger partial charge in [-0.2, -0.15) is 0 Å². The monoisotopic (exact) mass is 250 g/mol. The number of hydrogen-bond donors (Lipinski definition) is 1. The summed E-state index contributed by atoms with van der Waals surface area (Å²) in [5.74, 6) is 0. The molecule has 1 aliphatic heterocycles. The summed E-state index contributed by atoms with van der Waals surface area (Å²) in [5.41, 5.74) is 2.29. The summed E-state index contributed by atoms with van der Waals surface area (Å²) in [6, 6.07) is 0.506. The van der Waals surface area contributed by atoms with Crippen molar-refractivity contribution < 1.29 is 4.92 Å². The lowest BCUT2D eigenvalue weighted by molar-refractivity contribution is -0.386. The van der Waals surface area contributed by atoms with Gasteiger partial charge in [0.15, 0.2) is 0 Å². The van der Waals surface area contributed by atoms with Crippen LogP contribution in [0.5, 0.6) is 0 Å². The summed E-state index contributed by atoms with van der Waals surface area (Å²) in [7, 11) is 2.03. The Morgan fingerprint density at radius 1 is 1.56 bits per heavy atom. The van der Waals surface area contributed by atoms with Gasteiger partial charge < -0.3 is 5.32 Å². The van der Waals surface area contributed by atoms with Crippen LogP contribution in [0.4, 0.5) is 5.69 Å². The third-order valence-corrected chi connectivity index (χ3v) is 3.54. The predicted octanol–water partition coefficient (Wildman–Crippen LogP) is 1.01. The lowest BCUT2D eigenvalue weighted by Crippen LogP contribution is -2.55. The minimum Gasteiger partial charge on any atom is -0.314 e. The maximum Gasteiger partial charge on any atom is 0.278 e. The second kappa shape index (κ2) is 4.99. The van der Waals surface area contributed by atoms with Gasteiger partial charge in [0.1, 0.15) is 0 Å². The van der Waals surface area contributed by atoms with Gasteiger partial charge in [0.05, 0.1) is 10.6 Å². The quantitative estimate of drug-likeness (QED) is 0.638. The molecule has 0 bridgehead atoms. The van der Waals surface area contributed by atoms with E-state index in [4.69, 9.17) is 0 Å². The van der Waals surface area contributed by atoms with Crippen LogP contribution in [-0.2, 0) is 6.54 Å². The maximum atomic E-state index is 11.0. The molecule has 6 nitrogen and oxygen atoms in total. The topological polar surface area (TPSA) is 71.3 Å². The first-order valence-corrected chi connectivity index (χ1v) is 6.01. The molecule has 0 radical (unpaired) electrons. The van der Waals surface area contributed by atoms with Crippen molar-refractivity contribution in [2.24, 2.45) is 0 Å². The molecular weight excluding hydrogens is 232 g/mol. The molecule has 1 aromatic heterocycles. The summed E-state index contributed by atoms with van der Waals surface area (Å²) in [5, 5.41) is 14.2. The van der Waals surface area contributed by atoms with Gasteiger partial charge in [-0.3, -0.25) is 20.0 Å². The van der Waals surface area contributed by atoms with Crippen molar-refractivity contribution in [1.29, 1.82) is 0 Å². The standard InChI is InChI=1S/C12H18N4O2/c1-8-4-14-11(9(2)12(8)16(17)18)7-15(3)10-5-13-6-10/h4,10,13H,5-7H2,1-3H3. The molecule has 6 heteroatoms. The number of pyridine rings is 1. The smallest absolute Gasteiger partial charge is 0.278 e. The minimum absolute atomic E-state index is 0.195. The molecule has 2 heterocycles. The van der Waals surface area contributed by atoms with Crippen molar-refractivity contribution in [2.45, 2.75) is 26.4 Å². The Morgan fingerprint density at radius 2 is 2.22 bits per heavy atom. The van der Waals surface area contributed by atoms with Crippen LogP contribution in [0.1, 0.15) is 16.8 Å². The van der Waals surface area contributed by atoms with Gasteiger partial charge in [-0.25, -0.2) is 0 Å². The lowest BCUT2D eigenvalue weighted by Gasteiger charge is -2.35. The Hall–Kier alpha value is -1.53. The first-order chi connectivity index (χ1) is 8.50. The highest BCUT2D eigenvalue weighted by Gasteiger charge is 2.24. The number of nitrogens with zero attached hydrogens (tertiary/aromatic N) is 3. The number of nitro groups is 1. The summed E-state index contributed by atoms with van der Waals surface area (Å²) in [6.07, 6.45) is 1.59. The predicted molar refractivity (Wildman–Crippen MR) is 68.5 cm³/mol. The van der Waals surface area contributed by atoms with E-state index in [0.717, 1.165) is 18.8 Å². The molecule has 0 spiro atoms. The molecular formula is C12H18N4O2. The maximum absolute atomic E-state index is 11.0. The molecule has 1 saturated heterocycles. The molecule has 0 aromatic carbocycles. The van der Waals surface area contributed by atoms with E-state index in [2.05, 4.69) is 15.2 Å². The zero-order chi connectivity index (χ0) is 13.3. The van der Waals surface area contributed by atoms with Crippen LogP contribution < -0.4 is 5.32 Å². The van der Waals surface area contributed by atoms with Gasteiger partial charge in [0, 0.05) is 43.0 Å². The fourth-order valence-corrected chi connectivity index (χ4v) is 2.16. The van der Waals surface area contributed by atoms with Crippen LogP contribution >= 0.6 is 0 Å². The van der Waals surface area contributed by atoms with E-state index in [1.165, 1.54) is 0 Å². The SMILES string of the molecule is Cc1cnc(CN(C)C2CNC2)c(C)c1[N+](=O)[O-]. The van der Waals surface area contributed by atoms with E-state index in [1.807, 2.05) is 7.05 Å². The Labute approximate surface area is 106 Å². The zero-order valence-corrected chi connectivity index (χ0v) is 10.9.